The lowest BCUT2D eigenvalue weighted by Crippen LogP contribution is -2.49. The van der Waals surface area contributed by atoms with E-state index in [-0.39, 0.29) is 43.1 Å². The minimum atomic E-state index is -2.78. The summed E-state index contributed by atoms with van der Waals surface area (Å²) in [5.74, 6) is -3.12. The number of amides is 1. The van der Waals surface area contributed by atoms with Gasteiger partial charge in [0, 0.05) is 56.4 Å². The van der Waals surface area contributed by atoms with E-state index in [1.165, 1.54) is 0 Å². The first-order chi connectivity index (χ1) is 11.9. The zero-order valence-corrected chi connectivity index (χ0v) is 18.4. The van der Waals surface area contributed by atoms with E-state index in [4.69, 9.17) is 11.6 Å². The van der Waals surface area contributed by atoms with Gasteiger partial charge in [-0.15, -0.1) is 37.2 Å². The van der Waals surface area contributed by atoms with E-state index in [0.717, 1.165) is 43.4 Å². The van der Waals surface area contributed by atoms with Crippen LogP contribution in [0.15, 0.2) is 24.3 Å². The van der Waals surface area contributed by atoms with Gasteiger partial charge in [-0.3, -0.25) is 15.0 Å². The van der Waals surface area contributed by atoms with E-state index < -0.39 is 24.9 Å². The molecule has 2 fully saturated rings. The van der Waals surface area contributed by atoms with Crippen LogP contribution in [0.4, 0.5) is 14.5 Å². The molecular formula is C17H26Cl4F2N4O. The van der Waals surface area contributed by atoms with Gasteiger partial charge in [0.25, 0.3) is 5.92 Å². The molecule has 2 aliphatic heterocycles. The minimum Gasteiger partial charge on any atom is -0.369 e. The molecule has 0 spiro atoms. The third kappa shape index (κ3) is 7.69. The molecule has 0 aliphatic carbocycles. The highest BCUT2D eigenvalue weighted by molar-refractivity contribution is 6.30. The van der Waals surface area contributed by atoms with E-state index in [9.17, 15) is 13.6 Å². The second-order valence-electron chi connectivity index (χ2n) is 6.59. The Kier molecular flexibility index (Phi) is 12.0. The highest BCUT2D eigenvalue weighted by Crippen LogP contribution is 2.25. The lowest BCUT2D eigenvalue weighted by atomic mass is 10.2. The number of benzene rings is 1. The second-order valence-corrected chi connectivity index (χ2v) is 7.03. The van der Waals surface area contributed by atoms with Crippen molar-refractivity contribution < 1.29 is 13.6 Å². The summed E-state index contributed by atoms with van der Waals surface area (Å²) >= 11 is 6.03. The van der Waals surface area contributed by atoms with Crippen LogP contribution in [0.2, 0.25) is 5.02 Å². The summed E-state index contributed by atoms with van der Waals surface area (Å²) < 4.78 is 26.2. The van der Waals surface area contributed by atoms with Gasteiger partial charge < -0.3 is 10.2 Å². The molecule has 0 bridgehead atoms. The molecule has 2 N–H and O–H groups in total. The molecule has 2 heterocycles. The first-order valence-electron chi connectivity index (χ1n) is 8.55. The van der Waals surface area contributed by atoms with Crippen LogP contribution >= 0.6 is 48.8 Å². The predicted molar refractivity (Wildman–Crippen MR) is 116 cm³/mol. The van der Waals surface area contributed by atoms with Crippen LogP contribution < -0.4 is 15.5 Å². The fraction of sp³-hybridized carbons (Fsp3) is 0.588. The summed E-state index contributed by atoms with van der Waals surface area (Å²) in [5.41, 5.74) is 1.12. The highest BCUT2D eigenvalue weighted by Gasteiger charge is 2.42. The van der Waals surface area contributed by atoms with Crippen molar-refractivity contribution in [3.05, 3.63) is 29.3 Å². The van der Waals surface area contributed by atoms with Gasteiger partial charge in [-0.05, 0) is 18.2 Å². The third-order valence-corrected chi connectivity index (χ3v) is 4.93. The summed E-state index contributed by atoms with van der Waals surface area (Å²) in [6, 6.07) is 7.03. The third-order valence-electron chi connectivity index (χ3n) is 4.70. The van der Waals surface area contributed by atoms with E-state index in [1.807, 2.05) is 24.3 Å². The summed E-state index contributed by atoms with van der Waals surface area (Å²) in [6.07, 6.45) is -0.420. The van der Waals surface area contributed by atoms with Crippen molar-refractivity contribution in [1.82, 2.24) is 15.5 Å². The lowest BCUT2D eigenvalue weighted by molar-refractivity contribution is -0.123. The molecule has 2 aliphatic rings. The van der Waals surface area contributed by atoms with Crippen LogP contribution in [0, 0.1) is 0 Å². The number of nitrogens with zero attached hydrogens (tertiary/aromatic N) is 2. The maximum Gasteiger partial charge on any atom is 0.262 e. The first-order valence-corrected chi connectivity index (χ1v) is 8.92. The number of halogens is 6. The molecule has 0 saturated carbocycles. The Morgan fingerprint density at radius 3 is 2.46 bits per heavy atom. The van der Waals surface area contributed by atoms with Crippen molar-refractivity contribution in [2.45, 2.75) is 18.4 Å². The van der Waals surface area contributed by atoms with Gasteiger partial charge >= 0.3 is 0 Å². The van der Waals surface area contributed by atoms with Crippen molar-refractivity contribution in [3.8, 4) is 0 Å². The topological polar surface area (TPSA) is 47.6 Å². The monoisotopic (exact) mass is 480 g/mol. The van der Waals surface area contributed by atoms with Gasteiger partial charge in [0.05, 0.1) is 12.6 Å². The van der Waals surface area contributed by atoms with Gasteiger partial charge in [0.1, 0.15) is 0 Å². The molecule has 1 unspecified atom stereocenters. The maximum absolute atomic E-state index is 13.1. The molecule has 28 heavy (non-hydrogen) atoms. The zero-order chi connectivity index (χ0) is 17.9. The van der Waals surface area contributed by atoms with E-state index in [1.54, 1.807) is 0 Å². The molecular weight excluding hydrogens is 456 g/mol. The SMILES string of the molecule is Cl.Cl.Cl.O=C(NCCN1CCN(c2cccc(Cl)c2)CC1)C1CC(F)(F)CN1. The number of hydrogen-bond donors (Lipinski definition) is 2. The standard InChI is InChI=1S/C17H23ClF2N4O.3ClH/c18-13-2-1-3-14(10-13)24-8-6-23(7-9-24)5-4-21-16(25)15-11-17(19,20)12-22-15;;;/h1-3,10,15,22H,4-9,11-12H2,(H,21,25);3*1H. The quantitative estimate of drug-likeness (QED) is 0.678. The first kappa shape index (κ1) is 27.4. The largest absolute Gasteiger partial charge is 0.369 e. The van der Waals surface area contributed by atoms with Gasteiger partial charge in [-0.2, -0.15) is 0 Å². The normalized spacial score (nSPS) is 21.1. The molecule has 11 heteroatoms. The minimum absolute atomic E-state index is 0. The number of piperazine rings is 1. The fourth-order valence-corrected chi connectivity index (χ4v) is 3.45. The van der Waals surface area contributed by atoms with Crippen LogP contribution in [0.1, 0.15) is 6.42 Å². The molecule has 1 aromatic carbocycles. The highest BCUT2D eigenvalue weighted by atomic mass is 35.5. The van der Waals surface area contributed by atoms with E-state index >= 15 is 0 Å². The molecule has 5 nitrogen and oxygen atoms in total. The van der Waals surface area contributed by atoms with Crippen molar-refractivity contribution in [2.24, 2.45) is 0 Å². The Hall–Kier alpha value is -0.570. The van der Waals surface area contributed by atoms with E-state index in [0.29, 0.717) is 6.54 Å². The summed E-state index contributed by atoms with van der Waals surface area (Å²) in [6.45, 7) is 4.34. The van der Waals surface area contributed by atoms with Crippen molar-refractivity contribution in [3.63, 3.8) is 0 Å². The van der Waals surface area contributed by atoms with Gasteiger partial charge in [-0.25, -0.2) is 8.78 Å². The van der Waals surface area contributed by atoms with Crippen LogP contribution in [0.3, 0.4) is 0 Å². The maximum atomic E-state index is 13.1. The number of carbonyl (C=O) groups excluding carboxylic acids is 1. The van der Waals surface area contributed by atoms with Crippen molar-refractivity contribution in [2.75, 3.05) is 50.7 Å². The van der Waals surface area contributed by atoms with Gasteiger partial charge in [0.2, 0.25) is 5.91 Å². The number of rotatable bonds is 5. The summed E-state index contributed by atoms with van der Waals surface area (Å²) in [4.78, 5) is 16.4. The Labute approximate surface area is 187 Å². The van der Waals surface area contributed by atoms with Gasteiger partial charge in [-0.1, -0.05) is 17.7 Å². The zero-order valence-electron chi connectivity index (χ0n) is 15.2. The van der Waals surface area contributed by atoms with Crippen molar-refractivity contribution >= 4 is 60.4 Å². The van der Waals surface area contributed by atoms with Crippen LogP contribution in [0.25, 0.3) is 0 Å². The lowest BCUT2D eigenvalue weighted by Gasteiger charge is -2.36. The molecule has 162 valence electrons. The molecule has 3 rings (SSSR count). The Morgan fingerprint density at radius 2 is 1.89 bits per heavy atom. The number of hydrogen-bond acceptors (Lipinski definition) is 4. The molecule has 2 saturated heterocycles. The van der Waals surface area contributed by atoms with Crippen LogP contribution in [0.5, 0.6) is 0 Å². The number of alkyl halides is 2. The predicted octanol–water partition coefficient (Wildman–Crippen LogP) is 2.84. The molecule has 1 amide bonds. The van der Waals surface area contributed by atoms with E-state index in [2.05, 4.69) is 20.4 Å². The Balaban J connectivity index is 0.00000243. The molecule has 1 atom stereocenters. The summed E-state index contributed by atoms with van der Waals surface area (Å²) in [5, 5.41) is 6.05. The smallest absolute Gasteiger partial charge is 0.262 e. The Morgan fingerprint density at radius 1 is 1.21 bits per heavy atom. The number of nitrogens with one attached hydrogen (secondary N) is 2. The molecule has 0 radical (unpaired) electrons. The number of carbonyl (C=O) groups is 1. The summed E-state index contributed by atoms with van der Waals surface area (Å²) in [7, 11) is 0. The van der Waals surface area contributed by atoms with Crippen LogP contribution in [-0.2, 0) is 4.79 Å². The fourth-order valence-electron chi connectivity index (χ4n) is 3.26. The Bertz CT molecular complexity index is 619. The van der Waals surface area contributed by atoms with Crippen molar-refractivity contribution in [1.29, 1.82) is 0 Å². The molecule has 1 aromatic rings. The van der Waals surface area contributed by atoms with Gasteiger partial charge in [0.15, 0.2) is 0 Å². The average Bonchev–Trinajstić information content (AvgIpc) is 2.95. The molecule has 0 aromatic heterocycles. The second kappa shape index (κ2) is 12.2. The average molecular weight is 482 g/mol. The van der Waals surface area contributed by atoms with Crippen LogP contribution in [-0.4, -0.2) is 68.6 Å². The number of anilines is 1.